The van der Waals surface area contributed by atoms with Crippen LogP contribution in [0.2, 0.25) is 0 Å². The molecule has 0 fully saturated rings. The zero-order valence-electron chi connectivity index (χ0n) is 15.2. The van der Waals surface area contributed by atoms with Crippen molar-refractivity contribution in [3.63, 3.8) is 0 Å². The SMILES string of the molecule is CCOC(=O)c1c(N/C=C(\C#N)c2nc(-c3cccs3)cs2)sc2c1CCC2. The molecular formula is C20H17N3O2S3. The van der Waals surface area contributed by atoms with Crippen LogP contribution in [0.5, 0.6) is 0 Å². The molecular weight excluding hydrogens is 410 g/mol. The van der Waals surface area contributed by atoms with Crippen LogP contribution in [0.25, 0.3) is 16.1 Å². The molecule has 142 valence electrons. The van der Waals surface area contributed by atoms with Crippen LogP contribution >= 0.6 is 34.0 Å². The Morgan fingerprint density at radius 1 is 1.43 bits per heavy atom. The zero-order valence-corrected chi connectivity index (χ0v) is 17.6. The second-order valence-corrected chi connectivity index (χ2v) is 9.02. The molecule has 3 heterocycles. The highest BCUT2D eigenvalue weighted by Crippen LogP contribution is 2.40. The van der Waals surface area contributed by atoms with Gasteiger partial charge < -0.3 is 10.1 Å². The van der Waals surface area contributed by atoms with E-state index < -0.39 is 0 Å². The number of thiophene rings is 2. The lowest BCUT2D eigenvalue weighted by Crippen LogP contribution is -2.08. The Labute approximate surface area is 174 Å². The fraction of sp³-hybridized carbons (Fsp3) is 0.250. The Morgan fingerprint density at radius 2 is 2.32 bits per heavy atom. The Balaban J connectivity index is 1.61. The number of hydrogen-bond donors (Lipinski definition) is 1. The molecule has 0 amide bonds. The van der Waals surface area contributed by atoms with E-state index in [1.165, 1.54) is 16.2 Å². The first-order valence-corrected chi connectivity index (χ1v) is 11.5. The van der Waals surface area contributed by atoms with Crippen LogP contribution in [-0.2, 0) is 17.6 Å². The number of nitrogens with one attached hydrogen (secondary N) is 1. The standard InChI is InChI=1S/C20H17N3O2S3/c1-2-25-20(24)17-13-5-3-6-15(13)28-19(17)22-10-12(9-21)18-23-14(11-27-18)16-7-4-8-26-16/h4,7-8,10-11,22H,2-3,5-6H2,1H3/b12-10+. The molecule has 0 radical (unpaired) electrons. The number of nitrogens with zero attached hydrogens (tertiary/aromatic N) is 2. The van der Waals surface area contributed by atoms with Gasteiger partial charge in [-0.3, -0.25) is 0 Å². The molecule has 1 aliphatic carbocycles. The third-order valence-electron chi connectivity index (χ3n) is 4.38. The van der Waals surface area contributed by atoms with Crippen LogP contribution in [0.1, 0.15) is 39.2 Å². The van der Waals surface area contributed by atoms with Crippen molar-refractivity contribution in [3.8, 4) is 16.6 Å². The first-order chi connectivity index (χ1) is 13.7. The van der Waals surface area contributed by atoms with E-state index in [0.717, 1.165) is 40.4 Å². The second kappa shape index (κ2) is 8.27. The van der Waals surface area contributed by atoms with Crippen LogP contribution < -0.4 is 5.32 Å². The van der Waals surface area contributed by atoms with Gasteiger partial charge in [0, 0.05) is 16.5 Å². The summed E-state index contributed by atoms with van der Waals surface area (Å²) in [6.07, 6.45) is 4.59. The predicted octanol–water partition coefficient (Wildman–Crippen LogP) is 5.58. The Morgan fingerprint density at radius 3 is 3.07 bits per heavy atom. The minimum atomic E-state index is -0.300. The van der Waals surface area contributed by atoms with E-state index in [1.54, 1.807) is 35.8 Å². The number of carbonyl (C=O) groups is 1. The average Bonchev–Trinajstić information content (AvgIpc) is 3.45. The molecule has 5 nitrogen and oxygen atoms in total. The van der Waals surface area contributed by atoms with Gasteiger partial charge in [0.1, 0.15) is 21.7 Å². The van der Waals surface area contributed by atoms with Crippen molar-refractivity contribution < 1.29 is 9.53 Å². The van der Waals surface area contributed by atoms with Gasteiger partial charge in [0.15, 0.2) is 0 Å². The van der Waals surface area contributed by atoms with Crippen molar-refractivity contribution in [1.29, 1.82) is 5.26 Å². The molecule has 0 saturated carbocycles. The zero-order chi connectivity index (χ0) is 19.5. The van der Waals surface area contributed by atoms with Crippen molar-refractivity contribution in [2.24, 2.45) is 0 Å². The van der Waals surface area contributed by atoms with E-state index >= 15 is 0 Å². The van der Waals surface area contributed by atoms with E-state index in [9.17, 15) is 10.1 Å². The Bertz CT molecular complexity index is 1070. The van der Waals surface area contributed by atoms with Gasteiger partial charge in [-0.1, -0.05) is 6.07 Å². The lowest BCUT2D eigenvalue weighted by atomic mass is 10.1. The number of ether oxygens (including phenoxy) is 1. The maximum absolute atomic E-state index is 12.5. The maximum Gasteiger partial charge on any atom is 0.341 e. The summed E-state index contributed by atoms with van der Waals surface area (Å²) in [5.41, 5.74) is 3.02. The monoisotopic (exact) mass is 427 g/mol. The number of carbonyl (C=O) groups excluding carboxylic acids is 1. The van der Waals surface area contributed by atoms with Crippen molar-refractivity contribution in [1.82, 2.24) is 4.98 Å². The van der Waals surface area contributed by atoms with Gasteiger partial charge in [0.2, 0.25) is 0 Å². The topological polar surface area (TPSA) is 75.0 Å². The average molecular weight is 428 g/mol. The summed E-state index contributed by atoms with van der Waals surface area (Å²) in [6, 6.07) is 6.20. The minimum absolute atomic E-state index is 0.300. The molecule has 0 saturated heterocycles. The highest BCUT2D eigenvalue weighted by Gasteiger charge is 2.27. The normalized spacial score (nSPS) is 13.2. The number of thiazole rings is 1. The van der Waals surface area contributed by atoms with Gasteiger partial charge >= 0.3 is 5.97 Å². The molecule has 0 unspecified atom stereocenters. The van der Waals surface area contributed by atoms with Crippen molar-refractivity contribution >= 4 is 50.6 Å². The fourth-order valence-electron chi connectivity index (χ4n) is 3.14. The number of fused-ring (bicyclic) bond motifs is 1. The minimum Gasteiger partial charge on any atom is -0.462 e. The fourth-order valence-corrected chi connectivity index (χ4v) is 5.93. The van der Waals surface area contributed by atoms with Crippen LogP contribution in [-0.4, -0.2) is 17.6 Å². The molecule has 3 aromatic heterocycles. The lowest BCUT2D eigenvalue weighted by Gasteiger charge is -2.06. The van der Waals surface area contributed by atoms with Gasteiger partial charge in [-0.2, -0.15) is 5.26 Å². The molecule has 8 heteroatoms. The second-order valence-electron chi connectivity index (χ2n) is 6.11. The summed E-state index contributed by atoms with van der Waals surface area (Å²) in [7, 11) is 0. The summed E-state index contributed by atoms with van der Waals surface area (Å²) < 4.78 is 5.25. The lowest BCUT2D eigenvalue weighted by molar-refractivity contribution is 0.0527. The summed E-state index contributed by atoms with van der Waals surface area (Å²) in [4.78, 5) is 19.3. The van der Waals surface area contributed by atoms with Crippen LogP contribution in [0.15, 0.2) is 29.1 Å². The van der Waals surface area contributed by atoms with E-state index in [4.69, 9.17) is 4.74 Å². The smallest absolute Gasteiger partial charge is 0.341 e. The van der Waals surface area contributed by atoms with E-state index in [-0.39, 0.29) is 5.97 Å². The molecule has 0 aliphatic heterocycles. The van der Waals surface area contributed by atoms with Crippen LogP contribution in [0.4, 0.5) is 5.00 Å². The molecule has 1 aliphatic rings. The summed E-state index contributed by atoms with van der Waals surface area (Å²) in [5.74, 6) is -0.300. The summed E-state index contributed by atoms with van der Waals surface area (Å²) in [6.45, 7) is 2.14. The number of allylic oxidation sites excluding steroid dienone is 1. The first-order valence-electron chi connectivity index (χ1n) is 8.89. The largest absolute Gasteiger partial charge is 0.462 e. The number of nitriles is 1. The highest BCUT2D eigenvalue weighted by atomic mass is 32.1. The predicted molar refractivity (Wildman–Crippen MR) is 115 cm³/mol. The first kappa shape index (κ1) is 18.9. The molecule has 3 aromatic rings. The van der Waals surface area contributed by atoms with E-state index in [2.05, 4.69) is 16.4 Å². The third-order valence-corrected chi connectivity index (χ3v) is 7.37. The number of aryl methyl sites for hydroxylation is 1. The van der Waals surface area contributed by atoms with Crippen molar-refractivity contribution in [2.45, 2.75) is 26.2 Å². The molecule has 0 bridgehead atoms. The molecule has 0 atom stereocenters. The number of anilines is 1. The number of rotatable bonds is 6. The van der Waals surface area contributed by atoms with Crippen molar-refractivity contribution in [3.05, 3.63) is 50.1 Å². The van der Waals surface area contributed by atoms with Gasteiger partial charge in [-0.25, -0.2) is 9.78 Å². The molecule has 28 heavy (non-hydrogen) atoms. The van der Waals surface area contributed by atoms with Gasteiger partial charge in [-0.15, -0.1) is 34.0 Å². The van der Waals surface area contributed by atoms with Crippen molar-refractivity contribution in [2.75, 3.05) is 11.9 Å². The van der Waals surface area contributed by atoms with Crippen LogP contribution in [0, 0.1) is 11.3 Å². The number of hydrogen-bond acceptors (Lipinski definition) is 8. The van der Waals surface area contributed by atoms with E-state index in [0.29, 0.717) is 22.8 Å². The number of aromatic nitrogens is 1. The quantitative estimate of drug-likeness (QED) is 0.411. The summed E-state index contributed by atoms with van der Waals surface area (Å²) >= 11 is 4.63. The Hall–Kier alpha value is -2.47. The van der Waals surface area contributed by atoms with Crippen LogP contribution in [0.3, 0.4) is 0 Å². The van der Waals surface area contributed by atoms with E-state index in [1.807, 2.05) is 22.9 Å². The molecule has 1 N–H and O–H groups in total. The number of esters is 1. The molecule has 4 rings (SSSR count). The van der Waals surface area contributed by atoms with Gasteiger partial charge in [0.05, 0.1) is 22.7 Å². The summed E-state index contributed by atoms with van der Waals surface area (Å²) in [5, 5.41) is 18.1. The third kappa shape index (κ3) is 3.61. The molecule has 0 aromatic carbocycles. The highest BCUT2D eigenvalue weighted by molar-refractivity contribution is 7.17. The van der Waals surface area contributed by atoms with Gasteiger partial charge in [-0.05, 0) is 43.2 Å². The van der Waals surface area contributed by atoms with Gasteiger partial charge in [0.25, 0.3) is 0 Å². The molecule has 0 spiro atoms. The Kier molecular flexibility index (Phi) is 5.57. The maximum atomic E-state index is 12.5.